The Morgan fingerprint density at radius 3 is 2.53 bits per heavy atom. The Morgan fingerprint density at radius 2 is 2.00 bits per heavy atom. The van der Waals surface area contributed by atoms with Gasteiger partial charge in [0.2, 0.25) is 17.8 Å². The van der Waals surface area contributed by atoms with Gasteiger partial charge in [0.1, 0.15) is 6.10 Å². The van der Waals surface area contributed by atoms with E-state index < -0.39 is 12.0 Å². The van der Waals surface area contributed by atoms with Gasteiger partial charge in [-0.25, -0.2) is 0 Å². The minimum absolute atomic E-state index is 0.0876. The molecule has 1 aromatic rings. The summed E-state index contributed by atoms with van der Waals surface area (Å²) in [6.07, 6.45) is -0.397. The Labute approximate surface area is 110 Å². The van der Waals surface area contributed by atoms with E-state index in [4.69, 9.17) is 10.5 Å². The number of carbonyl (C=O) groups is 1. The summed E-state index contributed by atoms with van der Waals surface area (Å²) in [4.78, 5) is 22.7. The number of hydrogen-bond acceptors (Lipinski definition) is 8. The fourth-order valence-corrected chi connectivity index (χ4v) is 1.13. The van der Waals surface area contributed by atoms with Crippen LogP contribution in [0, 0.1) is 0 Å². The minimum atomic E-state index is -1.31. The third-order valence-corrected chi connectivity index (χ3v) is 2.11. The molecule has 0 aliphatic carbocycles. The number of aliphatic hydroxyl groups excluding tert-OH is 1. The van der Waals surface area contributed by atoms with Gasteiger partial charge in [0.25, 0.3) is 0 Å². The van der Waals surface area contributed by atoms with Crippen LogP contribution in [0.5, 0.6) is 6.01 Å². The van der Waals surface area contributed by atoms with Crippen molar-refractivity contribution in [2.75, 3.05) is 30.8 Å². The average molecular weight is 270 g/mol. The van der Waals surface area contributed by atoms with E-state index in [1.165, 1.54) is 7.11 Å². The number of hydrogen-bond donors (Lipinski definition) is 4. The monoisotopic (exact) mass is 270 g/mol. The maximum atomic E-state index is 10.7. The molecule has 19 heavy (non-hydrogen) atoms. The number of ether oxygens (including phenoxy) is 1. The molecule has 0 fully saturated rings. The SMILES string of the molecule is CCCNc1nc(NCC(O)C(N)=O)nc(OC)n1. The molecule has 1 aromatic heterocycles. The molecule has 0 bridgehead atoms. The van der Waals surface area contributed by atoms with Crippen LogP contribution < -0.4 is 21.1 Å². The van der Waals surface area contributed by atoms with E-state index in [9.17, 15) is 9.90 Å². The molecule has 0 aliphatic rings. The first-order valence-electron chi connectivity index (χ1n) is 5.82. The van der Waals surface area contributed by atoms with Gasteiger partial charge >= 0.3 is 6.01 Å². The molecule has 9 nitrogen and oxygen atoms in total. The summed E-state index contributed by atoms with van der Waals surface area (Å²) in [7, 11) is 1.43. The predicted octanol–water partition coefficient (Wildman–Crippen LogP) is -1.04. The van der Waals surface area contributed by atoms with Gasteiger partial charge in [-0.05, 0) is 6.42 Å². The normalized spacial score (nSPS) is 11.7. The van der Waals surface area contributed by atoms with Crippen LogP contribution in [-0.4, -0.2) is 52.3 Å². The van der Waals surface area contributed by atoms with Crippen molar-refractivity contribution in [2.45, 2.75) is 19.4 Å². The standard InChI is InChI=1S/C10H18N6O3/c1-3-4-12-8-14-9(16-10(15-8)19-2)13-5-6(17)7(11)18/h6,17H,3-5H2,1-2H3,(H2,11,18)(H2,12,13,14,15,16). The molecule has 0 spiro atoms. The molecule has 0 aromatic carbocycles. The number of aromatic nitrogens is 3. The zero-order valence-corrected chi connectivity index (χ0v) is 10.9. The summed E-state index contributed by atoms with van der Waals surface area (Å²) in [5.74, 6) is -0.284. The number of nitrogens with two attached hydrogens (primary N) is 1. The molecule has 0 radical (unpaired) electrons. The van der Waals surface area contributed by atoms with Crippen LogP contribution in [0.3, 0.4) is 0 Å². The molecule has 1 atom stereocenters. The van der Waals surface area contributed by atoms with Crippen LogP contribution in [0.25, 0.3) is 0 Å². The summed E-state index contributed by atoms with van der Waals surface area (Å²) >= 11 is 0. The van der Waals surface area contributed by atoms with E-state index in [1.54, 1.807) is 0 Å². The summed E-state index contributed by atoms with van der Waals surface area (Å²) in [6, 6.07) is 0.129. The van der Waals surface area contributed by atoms with Crippen LogP contribution in [0.2, 0.25) is 0 Å². The highest BCUT2D eigenvalue weighted by atomic mass is 16.5. The van der Waals surface area contributed by atoms with Gasteiger partial charge in [-0.1, -0.05) is 6.92 Å². The maximum absolute atomic E-state index is 10.7. The lowest BCUT2D eigenvalue weighted by Gasteiger charge is -2.10. The number of aliphatic hydroxyl groups is 1. The van der Waals surface area contributed by atoms with Crippen molar-refractivity contribution in [2.24, 2.45) is 5.73 Å². The molecule has 0 saturated carbocycles. The topological polar surface area (TPSA) is 135 Å². The molecule has 5 N–H and O–H groups in total. The lowest BCUT2D eigenvalue weighted by Crippen LogP contribution is -2.34. The Morgan fingerprint density at radius 1 is 1.37 bits per heavy atom. The van der Waals surface area contributed by atoms with Crippen LogP contribution in [0.15, 0.2) is 0 Å². The molecule has 1 unspecified atom stereocenters. The highest BCUT2D eigenvalue weighted by molar-refractivity contribution is 5.79. The van der Waals surface area contributed by atoms with Gasteiger partial charge in [-0.15, -0.1) is 0 Å². The van der Waals surface area contributed by atoms with Gasteiger partial charge in [0.15, 0.2) is 0 Å². The third-order valence-electron chi connectivity index (χ3n) is 2.11. The summed E-state index contributed by atoms with van der Waals surface area (Å²) in [5.41, 5.74) is 4.93. The maximum Gasteiger partial charge on any atom is 0.322 e. The number of nitrogens with one attached hydrogen (secondary N) is 2. The summed E-state index contributed by atoms with van der Waals surface area (Å²) < 4.78 is 4.93. The number of amides is 1. The van der Waals surface area contributed by atoms with E-state index in [0.29, 0.717) is 12.5 Å². The fraction of sp³-hybridized carbons (Fsp3) is 0.600. The first kappa shape index (κ1) is 14.9. The van der Waals surface area contributed by atoms with Crippen molar-refractivity contribution in [3.8, 4) is 6.01 Å². The molecular formula is C10H18N6O3. The van der Waals surface area contributed by atoms with E-state index in [0.717, 1.165) is 6.42 Å². The Balaban J connectivity index is 2.73. The largest absolute Gasteiger partial charge is 0.467 e. The third kappa shape index (κ3) is 4.92. The second kappa shape index (κ2) is 7.31. The van der Waals surface area contributed by atoms with Gasteiger partial charge in [0.05, 0.1) is 13.7 Å². The highest BCUT2D eigenvalue weighted by Crippen LogP contribution is 2.10. The first-order valence-corrected chi connectivity index (χ1v) is 5.82. The van der Waals surface area contributed by atoms with E-state index in [-0.39, 0.29) is 18.5 Å². The summed E-state index contributed by atoms with van der Waals surface area (Å²) in [6.45, 7) is 2.63. The number of anilines is 2. The number of methoxy groups -OCH3 is 1. The van der Waals surface area contributed by atoms with Gasteiger partial charge in [-0.2, -0.15) is 15.0 Å². The fourth-order valence-electron chi connectivity index (χ4n) is 1.13. The number of nitrogens with zero attached hydrogens (tertiary/aromatic N) is 3. The summed E-state index contributed by atoms with van der Waals surface area (Å²) in [5, 5.41) is 14.9. The van der Waals surface area contributed by atoms with Crippen LogP contribution in [0.4, 0.5) is 11.9 Å². The Kier molecular flexibility index (Phi) is 5.73. The average Bonchev–Trinajstić information content (AvgIpc) is 2.42. The quantitative estimate of drug-likeness (QED) is 0.470. The van der Waals surface area contributed by atoms with Crippen LogP contribution >= 0.6 is 0 Å². The van der Waals surface area contributed by atoms with Gasteiger partial charge < -0.3 is 26.2 Å². The van der Waals surface area contributed by atoms with E-state index in [1.807, 2.05) is 6.92 Å². The first-order chi connectivity index (χ1) is 9.06. The predicted molar refractivity (Wildman–Crippen MR) is 68.9 cm³/mol. The van der Waals surface area contributed by atoms with Crippen molar-refractivity contribution < 1.29 is 14.6 Å². The van der Waals surface area contributed by atoms with Crippen molar-refractivity contribution in [3.63, 3.8) is 0 Å². The zero-order valence-electron chi connectivity index (χ0n) is 10.9. The molecule has 1 amide bonds. The molecule has 9 heteroatoms. The van der Waals surface area contributed by atoms with Crippen molar-refractivity contribution in [1.29, 1.82) is 0 Å². The van der Waals surface area contributed by atoms with Crippen molar-refractivity contribution >= 4 is 17.8 Å². The van der Waals surface area contributed by atoms with E-state index in [2.05, 4.69) is 25.6 Å². The molecule has 106 valence electrons. The highest BCUT2D eigenvalue weighted by Gasteiger charge is 2.12. The van der Waals surface area contributed by atoms with Gasteiger partial charge in [-0.3, -0.25) is 4.79 Å². The Bertz CT molecular complexity index is 428. The Hall–Kier alpha value is -2.16. The van der Waals surface area contributed by atoms with E-state index >= 15 is 0 Å². The van der Waals surface area contributed by atoms with Crippen molar-refractivity contribution in [1.82, 2.24) is 15.0 Å². The number of rotatable bonds is 8. The van der Waals surface area contributed by atoms with Crippen LogP contribution in [-0.2, 0) is 4.79 Å². The minimum Gasteiger partial charge on any atom is -0.467 e. The second-order valence-electron chi connectivity index (χ2n) is 3.70. The second-order valence-corrected chi connectivity index (χ2v) is 3.70. The zero-order chi connectivity index (χ0) is 14.3. The molecule has 1 rings (SSSR count). The smallest absolute Gasteiger partial charge is 0.322 e. The number of carbonyl (C=O) groups excluding carboxylic acids is 1. The molecule has 0 saturated heterocycles. The molecular weight excluding hydrogens is 252 g/mol. The lowest BCUT2D eigenvalue weighted by molar-refractivity contribution is -0.125. The van der Waals surface area contributed by atoms with Crippen LogP contribution in [0.1, 0.15) is 13.3 Å². The molecule has 0 aliphatic heterocycles. The van der Waals surface area contributed by atoms with Gasteiger partial charge in [0, 0.05) is 6.54 Å². The van der Waals surface area contributed by atoms with Crippen molar-refractivity contribution in [3.05, 3.63) is 0 Å². The molecule has 1 heterocycles. The number of primary amides is 1. The lowest BCUT2D eigenvalue weighted by atomic mass is 10.3.